The summed E-state index contributed by atoms with van der Waals surface area (Å²) >= 11 is 0. The molecule has 26 heavy (non-hydrogen) atoms. The molecule has 0 unspecified atom stereocenters. The van der Waals surface area contributed by atoms with Crippen molar-refractivity contribution >= 4 is 11.8 Å². The maximum atomic E-state index is 12.6. The molecule has 136 valence electrons. The van der Waals surface area contributed by atoms with Crippen LogP contribution in [0, 0.1) is 5.92 Å². The Bertz CT molecular complexity index is 759. The van der Waals surface area contributed by atoms with E-state index >= 15 is 0 Å². The fourth-order valence-electron chi connectivity index (χ4n) is 4.25. The van der Waals surface area contributed by atoms with Gasteiger partial charge >= 0.3 is 0 Å². The van der Waals surface area contributed by atoms with Crippen LogP contribution in [0.1, 0.15) is 35.3 Å². The first kappa shape index (κ1) is 16.8. The van der Waals surface area contributed by atoms with Crippen LogP contribution in [-0.4, -0.2) is 57.3 Å². The Morgan fingerprint density at radius 1 is 1.27 bits per heavy atom. The molecule has 0 bridgehead atoms. The number of nitrogens with zero attached hydrogens (tertiary/aromatic N) is 3. The van der Waals surface area contributed by atoms with Gasteiger partial charge < -0.3 is 14.8 Å². The number of carbonyl (C=O) groups is 2. The summed E-state index contributed by atoms with van der Waals surface area (Å²) in [6.07, 6.45) is 8.41. The fraction of sp³-hybridized carbons (Fsp3) is 0.450. The highest BCUT2D eigenvalue weighted by Gasteiger charge is 2.40. The first-order valence-electron chi connectivity index (χ1n) is 9.34. The molecule has 2 aliphatic rings. The van der Waals surface area contributed by atoms with Crippen molar-refractivity contribution in [3.05, 3.63) is 54.1 Å². The molecule has 2 saturated heterocycles. The molecule has 2 amide bonds. The molecule has 2 atom stereocenters. The summed E-state index contributed by atoms with van der Waals surface area (Å²) in [5, 5.41) is 0. The Morgan fingerprint density at radius 3 is 2.96 bits per heavy atom. The third-order valence-electron chi connectivity index (χ3n) is 5.61. The molecule has 0 radical (unpaired) electrons. The van der Waals surface area contributed by atoms with Crippen LogP contribution in [0.2, 0.25) is 0 Å². The van der Waals surface area contributed by atoms with E-state index in [1.54, 1.807) is 18.6 Å². The highest BCUT2D eigenvalue weighted by atomic mass is 16.2. The van der Waals surface area contributed by atoms with Crippen molar-refractivity contribution in [3.63, 3.8) is 0 Å². The van der Waals surface area contributed by atoms with E-state index < -0.39 is 0 Å². The number of rotatable bonds is 4. The van der Waals surface area contributed by atoms with E-state index in [1.807, 2.05) is 34.1 Å². The fourth-order valence-corrected chi connectivity index (χ4v) is 4.25. The number of carbonyl (C=O) groups excluding carboxylic acids is 2. The normalized spacial score (nSPS) is 23.0. The van der Waals surface area contributed by atoms with Crippen LogP contribution < -0.4 is 0 Å². The molecule has 4 heterocycles. The predicted octanol–water partition coefficient (Wildman–Crippen LogP) is 2.11. The summed E-state index contributed by atoms with van der Waals surface area (Å²) in [6, 6.07) is 7.95. The summed E-state index contributed by atoms with van der Waals surface area (Å²) in [5.41, 5.74) is 1.73. The van der Waals surface area contributed by atoms with Gasteiger partial charge in [-0.1, -0.05) is 6.07 Å². The number of aromatic nitrogens is 2. The lowest BCUT2D eigenvalue weighted by molar-refractivity contribution is -0.140. The summed E-state index contributed by atoms with van der Waals surface area (Å²) in [7, 11) is 0. The zero-order valence-electron chi connectivity index (χ0n) is 14.8. The van der Waals surface area contributed by atoms with Gasteiger partial charge in [-0.3, -0.25) is 14.6 Å². The van der Waals surface area contributed by atoms with Gasteiger partial charge in [-0.25, -0.2) is 0 Å². The molecule has 1 N–H and O–H groups in total. The lowest BCUT2D eigenvalue weighted by Crippen LogP contribution is -2.57. The molecule has 2 aromatic rings. The first-order valence-corrected chi connectivity index (χ1v) is 9.34. The minimum absolute atomic E-state index is 0.0848. The number of amides is 2. The third kappa shape index (κ3) is 3.36. The lowest BCUT2D eigenvalue weighted by Gasteiger charge is -2.47. The van der Waals surface area contributed by atoms with Crippen molar-refractivity contribution in [3.8, 4) is 0 Å². The minimum Gasteiger partial charge on any atom is -0.367 e. The standard InChI is InChI=1S/C20H24N4O2/c25-19-5-4-16-14-23(20(26)15-6-10-21-13-15)11-8-18(16)24(19)12-7-17-3-1-2-9-22-17/h1-3,6,9-10,13,16,18,21H,4-5,7-8,11-12,14H2/t16-,18+/m0/s1. The van der Waals surface area contributed by atoms with E-state index in [2.05, 4.69) is 9.97 Å². The largest absolute Gasteiger partial charge is 0.367 e. The quantitative estimate of drug-likeness (QED) is 0.916. The molecule has 2 aliphatic heterocycles. The third-order valence-corrected chi connectivity index (χ3v) is 5.61. The number of pyridine rings is 1. The van der Waals surface area contributed by atoms with Gasteiger partial charge in [0.25, 0.3) is 5.91 Å². The van der Waals surface area contributed by atoms with E-state index in [0.29, 0.717) is 31.0 Å². The molecule has 2 aromatic heterocycles. The number of fused-ring (bicyclic) bond motifs is 1. The number of hydrogen-bond donors (Lipinski definition) is 1. The summed E-state index contributed by atoms with van der Waals surface area (Å²) in [5.74, 6) is 0.697. The van der Waals surface area contributed by atoms with Crippen molar-refractivity contribution in [1.82, 2.24) is 19.8 Å². The van der Waals surface area contributed by atoms with Crippen LogP contribution in [0.15, 0.2) is 42.9 Å². The zero-order chi connectivity index (χ0) is 17.9. The summed E-state index contributed by atoms with van der Waals surface area (Å²) in [4.78, 5) is 36.4. The molecule has 6 heteroatoms. The Balaban J connectivity index is 1.41. The highest BCUT2D eigenvalue weighted by molar-refractivity contribution is 5.94. The van der Waals surface area contributed by atoms with Crippen LogP contribution >= 0.6 is 0 Å². The number of aromatic amines is 1. The van der Waals surface area contributed by atoms with E-state index in [1.165, 1.54) is 0 Å². The Morgan fingerprint density at radius 2 is 2.19 bits per heavy atom. The Kier molecular flexibility index (Phi) is 4.73. The first-order chi connectivity index (χ1) is 12.7. The monoisotopic (exact) mass is 352 g/mol. The second kappa shape index (κ2) is 7.32. The van der Waals surface area contributed by atoms with Crippen LogP contribution in [0.4, 0.5) is 0 Å². The second-order valence-corrected chi connectivity index (χ2v) is 7.16. The van der Waals surface area contributed by atoms with Gasteiger partial charge in [0.05, 0.1) is 5.56 Å². The average molecular weight is 352 g/mol. The van der Waals surface area contributed by atoms with E-state index in [4.69, 9.17) is 0 Å². The van der Waals surface area contributed by atoms with Crippen LogP contribution in [0.3, 0.4) is 0 Å². The number of likely N-dealkylation sites (tertiary alicyclic amines) is 2. The number of hydrogen-bond acceptors (Lipinski definition) is 3. The smallest absolute Gasteiger partial charge is 0.255 e. The topological polar surface area (TPSA) is 69.3 Å². The van der Waals surface area contributed by atoms with Crippen molar-refractivity contribution < 1.29 is 9.59 Å². The average Bonchev–Trinajstić information content (AvgIpc) is 3.22. The number of nitrogens with one attached hydrogen (secondary N) is 1. The molecule has 0 aromatic carbocycles. The van der Waals surface area contributed by atoms with Crippen molar-refractivity contribution in [1.29, 1.82) is 0 Å². The van der Waals surface area contributed by atoms with E-state index in [0.717, 1.165) is 31.5 Å². The molecule has 0 saturated carbocycles. The molecular formula is C20H24N4O2. The Labute approximate surface area is 153 Å². The van der Waals surface area contributed by atoms with Gasteiger partial charge in [-0.15, -0.1) is 0 Å². The van der Waals surface area contributed by atoms with Gasteiger partial charge in [0.1, 0.15) is 0 Å². The van der Waals surface area contributed by atoms with E-state index in [9.17, 15) is 9.59 Å². The second-order valence-electron chi connectivity index (χ2n) is 7.16. The lowest BCUT2D eigenvalue weighted by atomic mass is 9.83. The zero-order valence-corrected chi connectivity index (χ0v) is 14.8. The maximum Gasteiger partial charge on any atom is 0.255 e. The van der Waals surface area contributed by atoms with Crippen molar-refractivity contribution in [2.75, 3.05) is 19.6 Å². The van der Waals surface area contributed by atoms with Gasteiger partial charge in [0.2, 0.25) is 5.91 Å². The maximum absolute atomic E-state index is 12.6. The van der Waals surface area contributed by atoms with Crippen LogP contribution in [-0.2, 0) is 11.2 Å². The van der Waals surface area contributed by atoms with Gasteiger partial charge in [0, 0.05) is 62.8 Å². The Hall–Kier alpha value is -2.63. The molecular weight excluding hydrogens is 328 g/mol. The molecule has 6 nitrogen and oxygen atoms in total. The van der Waals surface area contributed by atoms with Crippen LogP contribution in [0.25, 0.3) is 0 Å². The molecule has 4 rings (SSSR count). The minimum atomic E-state index is 0.0848. The number of H-pyrrole nitrogens is 1. The summed E-state index contributed by atoms with van der Waals surface area (Å²) in [6.45, 7) is 2.16. The van der Waals surface area contributed by atoms with Crippen LogP contribution in [0.5, 0.6) is 0 Å². The van der Waals surface area contributed by atoms with Crippen molar-refractivity contribution in [2.24, 2.45) is 5.92 Å². The molecule has 0 aliphatic carbocycles. The molecule has 2 fully saturated rings. The molecule has 0 spiro atoms. The van der Waals surface area contributed by atoms with Gasteiger partial charge in [-0.2, -0.15) is 0 Å². The van der Waals surface area contributed by atoms with E-state index in [-0.39, 0.29) is 17.9 Å². The van der Waals surface area contributed by atoms with Gasteiger partial charge in [-0.05, 0) is 37.0 Å². The van der Waals surface area contributed by atoms with Crippen molar-refractivity contribution in [2.45, 2.75) is 31.7 Å². The summed E-state index contributed by atoms with van der Waals surface area (Å²) < 4.78 is 0. The SMILES string of the molecule is O=C(c1cc[nH]c1)N1CC[C@@H]2[C@@H](CCC(=O)N2CCc2ccccn2)C1. The predicted molar refractivity (Wildman–Crippen MR) is 97.5 cm³/mol. The van der Waals surface area contributed by atoms with Gasteiger partial charge in [0.15, 0.2) is 0 Å². The highest BCUT2D eigenvalue weighted by Crippen LogP contribution is 2.32. The number of piperidine rings is 2.